The minimum atomic E-state index is -3.71. The molecule has 9 heteroatoms. The van der Waals surface area contributed by atoms with Gasteiger partial charge in [-0.1, -0.05) is 65.9 Å². The standard InChI is InChI=1S/C31H27N3O4S2/c1-38-26-13-16-28-29(19-26)39-31(32-28)34(20-22-7-3-2-4-8-22)30(35)24-11-14-27(15-12-24)40(36,37)33-18-17-23-9-5-6-10-25(23)21-33/h2-16,19H,17-18,20-21H2,1H3. The summed E-state index contributed by atoms with van der Waals surface area (Å²) < 4.78 is 34.6. The number of rotatable bonds is 7. The van der Waals surface area contributed by atoms with E-state index < -0.39 is 10.0 Å². The van der Waals surface area contributed by atoms with Gasteiger partial charge >= 0.3 is 0 Å². The van der Waals surface area contributed by atoms with E-state index in [0.717, 1.165) is 27.1 Å². The van der Waals surface area contributed by atoms with Crippen molar-refractivity contribution in [3.8, 4) is 5.75 Å². The number of hydrogen-bond donors (Lipinski definition) is 0. The summed E-state index contributed by atoms with van der Waals surface area (Å²) in [5, 5.41) is 0.556. The van der Waals surface area contributed by atoms with Crippen LogP contribution in [-0.2, 0) is 29.5 Å². The molecule has 0 unspecified atom stereocenters. The number of sulfonamides is 1. The van der Waals surface area contributed by atoms with Crippen molar-refractivity contribution in [3.05, 3.63) is 119 Å². The molecule has 0 bridgehead atoms. The fourth-order valence-corrected chi connectivity index (χ4v) is 7.29. The van der Waals surface area contributed by atoms with Crippen molar-refractivity contribution < 1.29 is 17.9 Å². The van der Waals surface area contributed by atoms with Crippen LogP contribution in [0.4, 0.5) is 5.13 Å². The number of thiazole rings is 1. The topological polar surface area (TPSA) is 79.8 Å². The Labute approximate surface area is 237 Å². The third-order valence-electron chi connectivity index (χ3n) is 7.08. The SMILES string of the molecule is COc1ccc2nc(N(Cc3ccccc3)C(=O)c3ccc(S(=O)(=O)N4CCc5ccccc5C4)cc3)sc2c1. The monoisotopic (exact) mass is 569 g/mol. The molecule has 6 rings (SSSR count). The van der Waals surface area contributed by atoms with Gasteiger partial charge in [0.1, 0.15) is 5.75 Å². The van der Waals surface area contributed by atoms with E-state index >= 15 is 0 Å². The minimum Gasteiger partial charge on any atom is -0.497 e. The van der Waals surface area contributed by atoms with E-state index in [1.807, 2.05) is 72.8 Å². The highest BCUT2D eigenvalue weighted by Crippen LogP contribution is 2.33. The largest absolute Gasteiger partial charge is 0.497 e. The summed E-state index contributed by atoms with van der Waals surface area (Å²) in [6.45, 7) is 1.09. The van der Waals surface area contributed by atoms with Crippen LogP contribution in [-0.4, -0.2) is 37.3 Å². The molecule has 0 N–H and O–H groups in total. The van der Waals surface area contributed by atoms with Crippen LogP contribution < -0.4 is 9.64 Å². The van der Waals surface area contributed by atoms with Crippen LogP contribution >= 0.6 is 11.3 Å². The number of ether oxygens (including phenoxy) is 1. The number of hydrogen-bond acceptors (Lipinski definition) is 6. The van der Waals surface area contributed by atoms with E-state index in [9.17, 15) is 13.2 Å². The molecule has 1 aliphatic rings. The van der Waals surface area contributed by atoms with Gasteiger partial charge in [0, 0.05) is 18.7 Å². The lowest BCUT2D eigenvalue weighted by Gasteiger charge is -2.28. The van der Waals surface area contributed by atoms with Crippen LogP contribution in [0, 0.1) is 0 Å². The van der Waals surface area contributed by atoms with Crippen molar-refractivity contribution in [2.24, 2.45) is 0 Å². The number of anilines is 1. The summed E-state index contributed by atoms with van der Waals surface area (Å²) in [7, 11) is -2.09. The van der Waals surface area contributed by atoms with Gasteiger partial charge in [0.15, 0.2) is 5.13 Å². The first-order valence-electron chi connectivity index (χ1n) is 12.9. The van der Waals surface area contributed by atoms with Crippen molar-refractivity contribution in [3.63, 3.8) is 0 Å². The summed E-state index contributed by atoms with van der Waals surface area (Å²) in [6.07, 6.45) is 0.675. The van der Waals surface area contributed by atoms with Gasteiger partial charge in [0.25, 0.3) is 5.91 Å². The Bertz CT molecular complexity index is 1780. The summed E-state index contributed by atoms with van der Waals surface area (Å²) in [6, 6.07) is 29.5. The zero-order valence-corrected chi connectivity index (χ0v) is 23.5. The van der Waals surface area contributed by atoms with E-state index in [2.05, 4.69) is 0 Å². The second-order valence-corrected chi connectivity index (χ2v) is 12.5. The fraction of sp³-hybridized carbons (Fsp3) is 0.161. The van der Waals surface area contributed by atoms with Gasteiger partial charge in [-0.15, -0.1) is 0 Å². The number of carbonyl (C=O) groups excluding carboxylic acids is 1. The molecular formula is C31H27N3O4S2. The predicted octanol–water partition coefficient (Wildman–Crippen LogP) is 5.90. The molecule has 0 radical (unpaired) electrons. The van der Waals surface area contributed by atoms with Gasteiger partial charge < -0.3 is 4.74 Å². The third-order valence-corrected chi connectivity index (χ3v) is 9.98. The number of benzene rings is 4. The lowest BCUT2D eigenvalue weighted by molar-refractivity contribution is 0.0985. The van der Waals surface area contributed by atoms with E-state index in [4.69, 9.17) is 9.72 Å². The highest BCUT2D eigenvalue weighted by Gasteiger charge is 2.29. The summed E-state index contributed by atoms with van der Waals surface area (Å²) in [4.78, 5) is 20.4. The second-order valence-electron chi connectivity index (χ2n) is 9.59. The van der Waals surface area contributed by atoms with E-state index in [1.54, 1.807) is 24.1 Å². The Morgan fingerprint density at radius 2 is 1.68 bits per heavy atom. The van der Waals surface area contributed by atoms with Gasteiger partial charge in [-0.3, -0.25) is 9.69 Å². The molecule has 2 heterocycles. The van der Waals surface area contributed by atoms with Crippen molar-refractivity contribution in [1.82, 2.24) is 9.29 Å². The summed E-state index contributed by atoms with van der Waals surface area (Å²) in [5.74, 6) is 0.461. The summed E-state index contributed by atoms with van der Waals surface area (Å²) >= 11 is 1.41. The Hall–Kier alpha value is -4.05. The predicted molar refractivity (Wildman–Crippen MR) is 157 cm³/mol. The maximum Gasteiger partial charge on any atom is 0.260 e. The molecule has 0 fully saturated rings. The molecule has 7 nitrogen and oxygen atoms in total. The minimum absolute atomic E-state index is 0.171. The maximum absolute atomic E-state index is 13.9. The Balaban J connectivity index is 1.29. The van der Waals surface area contributed by atoms with Crippen LogP contribution in [0.3, 0.4) is 0 Å². The number of nitrogens with zero attached hydrogens (tertiary/aromatic N) is 3. The first-order chi connectivity index (χ1) is 19.4. The third kappa shape index (κ3) is 5.11. The molecule has 1 amide bonds. The molecule has 0 spiro atoms. The normalized spacial score (nSPS) is 13.6. The second kappa shape index (κ2) is 10.8. The van der Waals surface area contributed by atoms with Crippen LogP contribution in [0.1, 0.15) is 27.0 Å². The first-order valence-corrected chi connectivity index (χ1v) is 15.2. The molecule has 4 aromatic carbocycles. The van der Waals surface area contributed by atoms with Crippen LogP contribution in [0.25, 0.3) is 10.2 Å². The Morgan fingerprint density at radius 3 is 2.42 bits per heavy atom. The number of methoxy groups -OCH3 is 1. The molecular weight excluding hydrogens is 542 g/mol. The highest BCUT2D eigenvalue weighted by atomic mass is 32.2. The molecule has 5 aromatic rings. The molecule has 40 heavy (non-hydrogen) atoms. The average Bonchev–Trinajstić information content (AvgIpc) is 3.43. The lowest BCUT2D eigenvalue weighted by Crippen LogP contribution is -2.36. The molecule has 1 aliphatic heterocycles. The zero-order chi connectivity index (χ0) is 27.7. The van der Waals surface area contributed by atoms with E-state index in [1.165, 1.54) is 33.3 Å². The van der Waals surface area contributed by atoms with Gasteiger partial charge in [-0.05, 0) is 65.6 Å². The molecule has 202 valence electrons. The number of fused-ring (bicyclic) bond motifs is 2. The van der Waals surface area contributed by atoms with Crippen molar-refractivity contribution in [2.45, 2.75) is 24.4 Å². The van der Waals surface area contributed by atoms with Crippen LogP contribution in [0.2, 0.25) is 0 Å². The first kappa shape index (κ1) is 26.2. The smallest absolute Gasteiger partial charge is 0.260 e. The van der Waals surface area contributed by atoms with Gasteiger partial charge in [0.2, 0.25) is 10.0 Å². The molecule has 0 saturated heterocycles. The average molecular weight is 570 g/mol. The zero-order valence-electron chi connectivity index (χ0n) is 21.9. The summed E-state index contributed by atoms with van der Waals surface area (Å²) in [5.41, 5.74) is 4.32. The number of aromatic nitrogens is 1. The highest BCUT2D eigenvalue weighted by molar-refractivity contribution is 7.89. The van der Waals surface area contributed by atoms with Crippen molar-refractivity contribution in [1.29, 1.82) is 0 Å². The van der Waals surface area contributed by atoms with Gasteiger partial charge in [-0.2, -0.15) is 4.31 Å². The molecule has 0 aliphatic carbocycles. The fourth-order valence-electron chi connectivity index (χ4n) is 4.88. The van der Waals surface area contributed by atoms with E-state index in [-0.39, 0.29) is 10.8 Å². The van der Waals surface area contributed by atoms with Gasteiger partial charge in [0.05, 0.1) is 28.8 Å². The quantitative estimate of drug-likeness (QED) is 0.244. The van der Waals surface area contributed by atoms with Crippen LogP contribution in [0.15, 0.2) is 102 Å². The Kier molecular flexibility index (Phi) is 7.10. The lowest BCUT2D eigenvalue weighted by atomic mass is 10.0. The van der Waals surface area contributed by atoms with Gasteiger partial charge in [-0.25, -0.2) is 13.4 Å². The van der Waals surface area contributed by atoms with Crippen molar-refractivity contribution in [2.75, 3.05) is 18.6 Å². The van der Waals surface area contributed by atoms with E-state index in [0.29, 0.717) is 36.8 Å². The van der Waals surface area contributed by atoms with Crippen molar-refractivity contribution >= 4 is 42.6 Å². The Morgan fingerprint density at radius 1 is 0.950 bits per heavy atom. The number of amides is 1. The molecule has 1 aromatic heterocycles. The molecule has 0 saturated carbocycles. The maximum atomic E-state index is 13.9. The molecule has 0 atom stereocenters. The number of carbonyl (C=O) groups is 1. The van der Waals surface area contributed by atoms with Crippen LogP contribution in [0.5, 0.6) is 5.75 Å².